The molecule has 1 nitrogen and oxygen atoms in total. The second-order valence-electron chi connectivity index (χ2n) is 8.67. The van der Waals surface area contributed by atoms with E-state index >= 15 is 0 Å². The highest BCUT2D eigenvalue weighted by Gasteiger charge is 2.12. The van der Waals surface area contributed by atoms with Crippen LogP contribution in [0.1, 0.15) is 141 Å². The number of aliphatic hydroxyl groups excluding tert-OH is 1. The maximum atomic E-state index is 8.73. The van der Waals surface area contributed by atoms with E-state index in [-0.39, 0.29) is 0 Å². The minimum Gasteiger partial charge on any atom is -0.396 e. The van der Waals surface area contributed by atoms with Crippen LogP contribution in [0, 0.1) is 5.92 Å². The van der Waals surface area contributed by atoms with E-state index in [1.165, 1.54) is 135 Å². The van der Waals surface area contributed by atoms with Crippen LogP contribution >= 0.6 is 0 Å². The summed E-state index contributed by atoms with van der Waals surface area (Å²) in [5.74, 6) is 1.09. The van der Waals surface area contributed by atoms with E-state index in [4.69, 9.17) is 5.11 Å². The average molecular weight is 353 g/mol. The van der Waals surface area contributed by atoms with Crippen LogP contribution in [0.25, 0.3) is 0 Å². The highest BCUT2D eigenvalue weighted by Crippen LogP contribution is 2.28. The zero-order chi connectivity index (χ0) is 17.8. The molecule has 0 atom stereocenters. The monoisotopic (exact) mass is 352 g/mol. The molecule has 25 heavy (non-hydrogen) atoms. The number of rotatable bonds is 18. The molecule has 0 unspecified atom stereocenters. The van der Waals surface area contributed by atoms with Crippen molar-refractivity contribution in [2.45, 2.75) is 141 Å². The van der Waals surface area contributed by atoms with Crippen molar-refractivity contribution in [2.24, 2.45) is 5.92 Å². The summed E-state index contributed by atoms with van der Waals surface area (Å²) in [7, 11) is 0. The molecule has 0 bridgehead atoms. The zero-order valence-corrected chi connectivity index (χ0v) is 17.3. The van der Waals surface area contributed by atoms with Crippen molar-refractivity contribution < 1.29 is 5.11 Å². The molecular formula is C24H48O. The molecular weight excluding hydrogens is 304 g/mol. The fourth-order valence-electron chi connectivity index (χ4n) is 4.50. The molecule has 1 aliphatic carbocycles. The van der Waals surface area contributed by atoms with Crippen LogP contribution in [0.4, 0.5) is 0 Å². The van der Waals surface area contributed by atoms with E-state index in [1.54, 1.807) is 0 Å². The third-order valence-electron chi connectivity index (χ3n) is 6.25. The van der Waals surface area contributed by atoms with Gasteiger partial charge in [-0.15, -0.1) is 0 Å². The normalized spacial score (nSPS) is 15.7. The van der Waals surface area contributed by atoms with Crippen LogP contribution in [0.3, 0.4) is 0 Å². The highest BCUT2D eigenvalue weighted by molar-refractivity contribution is 4.65. The first-order chi connectivity index (χ1) is 12.4. The zero-order valence-electron chi connectivity index (χ0n) is 17.3. The van der Waals surface area contributed by atoms with Crippen molar-refractivity contribution in [3.8, 4) is 0 Å². The Kier molecular flexibility index (Phi) is 17.2. The SMILES string of the molecule is OCCCCCCCCCCCCCCCCCCC1CCCCC1. The molecule has 1 aliphatic rings. The van der Waals surface area contributed by atoms with Crippen LogP contribution in [0.2, 0.25) is 0 Å². The Morgan fingerprint density at radius 3 is 1.20 bits per heavy atom. The second-order valence-corrected chi connectivity index (χ2v) is 8.67. The van der Waals surface area contributed by atoms with Gasteiger partial charge in [0.25, 0.3) is 0 Å². The average Bonchev–Trinajstić information content (AvgIpc) is 2.65. The van der Waals surface area contributed by atoms with Gasteiger partial charge in [-0.25, -0.2) is 0 Å². The summed E-state index contributed by atoms with van der Waals surface area (Å²) in [5, 5.41) is 8.73. The largest absolute Gasteiger partial charge is 0.396 e. The summed E-state index contributed by atoms with van der Waals surface area (Å²) < 4.78 is 0. The first-order valence-electron chi connectivity index (χ1n) is 12.0. The summed E-state index contributed by atoms with van der Waals surface area (Å²) in [6.07, 6.45) is 31.6. The third kappa shape index (κ3) is 15.9. The Labute approximate surface area is 159 Å². The molecule has 1 heteroatoms. The van der Waals surface area contributed by atoms with E-state index < -0.39 is 0 Å². The van der Waals surface area contributed by atoms with Crippen LogP contribution < -0.4 is 0 Å². The lowest BCUT2D eigenvalue weighted by atomic mass is 9.85. The number of hydrogen-bond acceptors (Lipinski definition) is 1. The lowest BCUT2D eigenvalue weighted by molar-refractivity contribution is 0.282. The summed E-state index contributed by atoms with van der Waals surface area (Å²) >= 11 is 0. The fourth-order valence-corrected chi connectivity index (χ4v) is 4.50. The quantitative estimate of drug-likeness (QED) is 0.246. The Hall–Kier alpha value is -0.0400. The molecule has 0 aromatic rings. The van der Waals surface area contributed by atoms with E-state index in [0.29, 0.717) is 6.61 Å². The second kappa shape index (κ2) is 18.7. The van der Waals surface area contributed by atoms with Crippen molar-refractivity contribution in [3.05, 3.63) is 0 Å². The summed E-state index contributed by atoms with van der Waals surface area (Å²) in [6, 6.07) is 0. The predicted octanol–water partition coefficient (Wildman–Crippen LogP) is 8.19. The summed E-state index contributed by atoms with van der Waals surface area (Å²) in [5.41, 5.74) is 0. The van der Waals surface area contributed by atoms with Gasteiger partial charge in [0, 0.05) is 6.61 Å². The van der Waals surface area contributed by atoms with Crippen molar-refractivity contribution in [1.29, 1.82) is 0 Å². The van der Waals surface area contributed by atoms with Gasteiger partial charge in [0.2, 0.25) is 0 Å². The van der Waals surface area contributed by atoms with Gasteiger partial charge >= 0.3 is 0 Å². The van der Waals surface area contributed by atoms with Crippen LogP contribution in [0.15, 0.2) is 0 Å². The van der Waals surface area contributed by atoms with E-state index in [1.807, 2.05) is 0 Å². The molecule has 0 aliphatic heterocycles. The van der Waals surface area contributed by atoms with E-state index in [9.17, 15) is 0 Å². The molecule has 0 radical (unpaired) electrons. The Morgan fingerprint density at radius 2 is 0.800 bits per heavy atom. The molecule has 1 rings (SSSR count). The van der Waals surface area contributed by atoms with Crippen molar-refractivity contribution in [3.63, 3.8) is 0 Å². The summed E-state index contributed by atoms with van der Waals surface area (Å²) in [6.45, 7) is 0.375. The van der Waals surface area contributed by atoms with Gasteiger partial charge < -0.3 is 5.11 Å². The maximum absolute atomic E-state index is 8.73. The Balaban J connectivity index is 1.65. The molecule has 0 aromatic carbocycles. The lowest BCUT2D eigenvalue weighted by Gasteiger charge is -2.21. The Morgan fingerprint density at radius 1 is 0.440 bits per heavy atom. The van der Waals surface area contributed by atoms with Gasteiger partial charge in [-0.2, -0.15) is 0 Å². The molecule has 0 spiro atoms. The topological polar surface area (TPSA) is 20.2 Å². The molecule has 1 fully saturated rings. The number of hydrogen-bond donors (Lipinski definition) is 1. The minimum absolute atomic E-state index is 0.375. The van der Waals surface area contributed by atoms with Gasteiger partial charge in [0.1, 0.15) is 0 Å². The number of unbranched alkanes of at least 4 members (excludes halogenated alkanes) is 15. The van der Waals surface area contributed by atoms with E-state index in [0.717, 1.165) is 12.3 Å². The summed E-state index contributed by atoms with van der Waals surface area (Å²) in [4.78, 5) is 0. The highest BCUT2D eigenvalue weighted by atomic mass is 16.2. The fraction of sp³-hybridized carbons (Fsp3) is 1.00. The van der Waals surface area contributed by atoms with Crippen LogP contribution in [-0.4, -0.2) is 11.7 Å². The molecule has 0 saturated heterocycles. The van der Waals surface area contributed by atoms with Gasteiger partial charge in [-0.1, -0.05) is 135 Å². The molecule has 0 aromatic heterocycles. The lowest BCUT2D eigenvalue weighted by Crippen LogP contribution is -2.05. The molecule has 1 saturated carbocycles. The first-order valence-corrected chi connectivity index (χ1v) is 12.0. The van der Waals surface area contributed by atoms with Gasteiger partial charge in [0.05, 0.1) is 0 Å². The van der Waals surface area contributed by atoms with Crippen molar-refractivity contribution in [1.82, 2.24) is 0 Å². The first kappa shape index (κ1) is 23.0. The van der Waals surface area contributed by atoms with Crippen LogP contribution in [0.5, 0.6) is 0 Å². The van der Waals surface area contributed by atoms with Crippen molar-refractivity contribution in [2.75, 3.05) is 6.61 Å². The van der Waals surface area contributed by atoms with E-state index in [2.05, 4.69) is 0 Å². The van der Waals surface area contributed by atoms with Gasteiger partial charge in [-0.3, -0.25) is 0 Å². The predicted molar refractivity (Wildman–Crippen MR) is 112 cm³/mol. The number of aliphatic hydroxyl groups is 1. The molecule has 0 heterocycles. The van der Waals surface area contributed by atoms with Gasteiger partial charge in [-0.05, 0) is 12.3 Å². The standard InChI is InChI=1S/C24H48O/c25-23-19-14-12-10-8-6-4-2-1-3-5-7-9-11-13-16-20-24-21-17-15-18-22-24/h24-25H,1-23H2. The smallest absolute Gasteiger partial charge is 0.0431 e. The Bertz CT molecular complexity index is 244. The molecule has 150 valence electrons. The van der Waals surface area contributed by atoms with Crippen molar-refractivity contribution >= 4 is 0 Å². The van der Waals surface area contributed by atoms with Crippen LogP contribution in [-0.2, 0) is 0 Å². The molecule has 0 amide bonds. The third-order valence-corrected chi connectivity index (χ3v) is 6.25. The molecule has 1 N–H and O–H groups in total. The minimum atomic E-state index is 0.375. The van der Waals surface area contributed by atoms with Gasteiger partial charge in [0.15, 0.2) is 0 Å². The maximum Gasteiger partial charge on any atom is 0.0431 e.